The zero-order valence-electron chi connectivity index (χ0n) is 9.50. The van der Waals surface area contributed by atoms with E-state index in [1.165, 1.54) is 7.11 Å². The van der Waals surface area contributed by atoms with Crippen molar-refractivity contribution in [3.8, 4) is 0 Å². The van der Waals surface area contributed by atoms with Gasteiger partial charge in [0.25, 0.3) is 5.91 Å². The summed E-state index contributed by atoms with van der Waals surface area (Å²) in [6, 6.07) is 5.19. The molecule has 0 fully saturated rings. The molecule has 0 aliphatic carbocycles. The van der Waals surface area contributed by atoms with Crippen LogP contribution >= 0.6 is 15.9 Å². The van der Waals surface area contributed by atoms with Gasteiger partial charge in [-0.25, -0.2) is 0 Å². The largest absolute Gasteiger partial charge is 0.399 e. The number of halogens is 1. The number of ether oxygens (including phenoxy) is 1. The SMILES string of the molecule is COC(C)(C)C(=O)Nc1ccc(N)cc1Br. The van der Waals surface area contributed by atoms with Gasteiger partial charge in [-0.3, -0.25) is 4.79 Å². The summed E-state index contributed by atoms with van der Waals surface area (Å²) in [5.74, 6) is -0.208. The Balaban J connectivity index is 2.85. The smallest absolute Gasteiger partial charge is 0.256 e. The number of hydrogen-bond acceptors (Lipinski definition) is 3. The van der Waals surface area contributed by atoms with Gasteiger partial charge >= 0.3 is 0 Å². The summed E-state index contributed by atoms with van der Waals surface area (Å²) >= 11 is 3.33. The number of nitrogens with two attached hydrogens (primary N) is 1. The monoisotopic (exact) mass is 286 g/mol. The highest BCUT2D eigenvalue weighted by molar-refractivity contribution is 9.10. The summed E-state index contributed by atoms with van der Waals surface area (Å²) < 4.78 is 5.83. The molecule has 16 heavy (non-hydrogen) atoms. The number of rotatable bonds is 3. The predicted octanol–water partition coefficient (Wildman–Crippen LogP) is 2.39. The molecule has 4 nitrogen and oxygen atoms in total. The van der Waals surface area contributed by atoms with E-state index < -0.39 is 5.60 Å². The first-order valence-electron chi connectivity index (χ1n) is 4.78. The Morgan fingerprint density at radius 3 is 2.62 bits per heavy atom. The van der Waals surface area contributed by atoms with Crippen LogP contribution in [0.15, 0.2) is 22.7 Å². The highest BCUT2D eigenvalue weighted by atomic mass is 79.9. The summed E-state index contributed by atoms with van der Waals surface area (Å²) in [6.07, 6.45) is 0. The highest BCUT2D eigenvalue weighted by Gasteiger charge is 2.27. The first-order chi connectivity index (χ1) is 7.36. The first kappa shape index (κ1) is 13.0. The molecule has 0 unspecified atom stereocenters. The van der Waals surface area contributed by atoms with Crippen LogP contribution in [0.1, 0.15) is 13.8 Å². The van der Waals surface area contributed by atoms with Crippen molar-refractivity contribution >= 4 is 33.2 Å². The van der Waals surface area contributed by atoms with Crippen molar-refractivity contribution in [3.63, 3.8) is 0 Å². The van der Waals surface area contributed by atoms with Crippen molar-refractivity contribution < 1.29 is 9.53 Å². The number of methoxy groups -OCH3 is 1. The maximum absolute atomic E-state index is 11.8. The van der Waals surface area contributed by atoms with E-state index in [9.17, 15) is 4.79 Å². The highest BCUT2D eigenvalue weighted by Crippen LogP contribution is 2.25. The van der Waals surface area contributed by atoms with Crippen LogP contribution in [-0.4, -0.2) is 18.6 Å². The summed E-state index contributed by atoms with van der Waals surface area (Å²) in [6.45, 7) is 3.40. The quantitative estimate of drug-likeness (QED) is 0.839. The number of anilines is 2. The van der Waals surface area contributed by atoms with Gasteiger partial charge in [0.05, 0.1) is 5.69 Å². The van der Waals surface area contributed by atoms with Gasteiger partial charge in [0.2, 0.25) is 0 Å². The Morgan fingerprint density at radius 1 is 1.50 bits per heavy atom. The van der Waals surface area contributed by atoms with E-state index in [1.807, 2.05) is 0 Å². The Labute approximate surface area is 103 Å². The fraction of sp³-hybridized carbons (Fsp3) is 0.364. The molecule has 88 valence electrons. The number of amides is 1. The summed E-state index contributed by atoms with van der Waals surface area (Å²) in [5, 5.41) is 2.76. The minimum absolute atomic E-state index is 0.208. The average Bonchev–Trinajstić information content (AvgIpc) is 2.22. The predicted molar refractivity (Wildman–Crippen MR) is 68.3 cm³/mol. The number of benzene rings is 1. The molecule has 0 spiro atoms. The van der Waals surface area contributed by atoms with Gasteiger partial charge in [-0.15, -0.1) is 0 Å². The molecule has 0 bridgehead atoms. The number of nitrogen functional groups attached to an aromatic ring is 1. The van der Waals surface area contributed by atoms with E-state index in [0.717, 1.165) is 4.47 Å². The van der Waals surface area contributed by atoms with E-state index in [-0.39, 0.29) is 5.91 Å². The first-order valence-corrected chi connectivity index (χ1v) is 5.58. The molecular weight excluding hydrogens is 272 g/mol. The minimum Gasteiger partial charge on any atom is -0.399 e. The van der Waals surface area contributed by atoms with Gasteiger partial charge in [0, 0.05) is 17.3 Å². The molecule has 0 aliphatic heterocycles. The second-order valence-corrected chi connectivity index (χ2v) is 4.76. The third-order valence-corrected chi connectivity index (χ3v) is 2.95. The molecule has 1 rings (SSSR count). The number of carbonyl (C=O) groups is 1. The summed E-state index contributed by atoms with van der Waals surface area (Å²) in [4.78, 5) is 11.8. The van der Waals surface area contributed by atoms with E-state index in [1.54, 1.807) is 32.0 Å². The molecule has 0 saturated carbocycles. The van der Waals surface area contributed by atoms with Gasteiger partial charge in [0.1, 0.15) is 5.60 Å². The Bertz CT molecular complexity index is 405. The van der Waals surface area contributed by atoms with Crippen LogP contribution in [0.2, 0.25) is 0 Å². The molecule has 5 heteroatoms. The maximum atomic E-state index is 11.8. The van der Waals surface area contributed by atoms with Crippen molar-refractivity contribution in [2.45, 2.75) is 19.4 Å². The molecule has 3 N–H and O–H groups in total. The Hall–Kier alpha value is -1.07. The van der Waals surface area contributed by atoms with Gasteiger partial charge in [-0.1, -0.05) is 0 Å². The van der Waals surface area contributed by atoms with Crippen molar-refractivity contribution in [1.29, 1.82) is 0 Å². The van der Waals surface area contributed by atoms with Gasteiger partial charge in [-0.2, -0.15) is 0 Å². The lowest BCUT2D eigenvalue weighted by molar-refractivity contribution is -0.133. The van der Waals surface area contributed by atoms with Gasteiger partial charge in [-0.05, 0) is 48.0 Å². The number of carbonyl (C=O) groups excluding carboxylic acids is 1. The minimum atomic E-state index is -0.860. The second-order valence-electron chi connectivity index (χ2n) is 3.91. The number of nitrogens with one attached hydrogen (secondary N) is 1. The van der Waals surface area contributed by atoms with Crippen LogP contribution in [0.4, 0.5) is 11.4 Å². The molecule has 0 aromatic heterocycles. The van der Waals surface area contributed by atoms with Crippen molar-refractivity contribution in [2.24, 2.45) is 0 Å². The molecule has 0 heterocycles. The van der Waals surface area contributed by atoms with Crippen LogP contribution in [-0.2, 0) is 9.53 Å². The summed E-state index contributed by atoms with van der Waals surface area (Å²) in [7, 11) is 1.50. The lowest BCUT2D eigenvalue weighted by Crippen LogP contribution is -2.38. The molecule has 1 amide bonds. The van der Waals surface area contributed by atoms with Crippen molar-refractivity contribution in [3.05, 3.63) is 22.7 Å². The molecular formula is C11H15BrN2O2. The third-order valence-electron chi connectivity index (χ3n) is 2.30. The fourth-order valence-electron chi connectivity index (χ4n) is 0.998. The zero-order chi connectivity index (χ0) is 12.3. The topological polar surface area (TPSA) is 64.3 Å². The van der Waals surface area contributed by atoms with Crippen LogP contribution in [0.25, 0.3) is 0 Å². The summed E-state index contributed by atoms with van der Waals surface area (Å²) in [5.41, 5.74) is 6.05. The second kappa shape index (κ2) is 4.84. The van der Waals surface area contributed by atoms with E-state index in [0.29, 0.717) is 11.4 Å². The molecule has 0 radical (unpaired) electrons. The molecule has 0 saturated heterocycles. The normalized spacial score (nSPS) is 11.2. The fourth-order valence-corrected chi connectivity index (χ4v) is 1.49. The van der Waals surface area contributed by atoms with Crippen LogP contribution < -0.4 is 11.1 Å². The molecule has 0 atom stereocenters. The lowest BCUT2D eigenvalue weighted by Gasteiger charge is -2.22. The van der Waals surface area contributed by atoms with Crippen LogP contribution in [0.5, 0.6) is 0 Å². The third kappa shape index (κ3) is 2.96. The molecule has 1 aromatic rings. The molecule has 0 aliphatic rings. The van der Waals surface area contributed by atoms with Crippen LogP contribution in [0.3, 0.4) is 0 Å². The Morgan fingerprint density at radius 2 is 2.12 bits per heavy atom. The van der Waals surface area contributed by atoms with Crippen LogP contribution in [0, 0.1) is 0 Å². The lowest BCUT2D eigenvalue weighted by atomic mass is 10.1. The average molecular weight is 287 g/mol. The van der Waals surface area contributed by atoms with E-state index >= 15 is 0 Å². The zero-order valence-corrected chi connectivity index (χ0v) is 11.1. The van der Waals surface area contributed by atoms with Gasteiger partial charge in [0.15, 0.2) is 0 Å². The Kier molecular flexibility index (Phi) is 3.93. The van der Waals surface area contributed by atoms with E-state index in [4.69, 9.17) is 10.5 Å². The van der Waals surface area contributed by atoms with E-state index in [2.05, 4.69) is 21.2 Å². The van der Waals surface area contributed by atoms with Crippen molar-refractivity contribution in [2.75, 3.05) is 18.2 Å². The molecule has 1 aromatic carbocycles. The standard InChI is InChI=1S/C11H15BrN2O2/c1-11(2,16-3)10(15)14-9-5-4-7(13)6-8(9)12/h4-6H,13H2,1-3H3,(H,14,15). The number of hydrogen-bond donors (Lipinski definition) is 2. The van der Waals surface area contributed by atoms with Crippen molar-refractivity contribution in [1.82, 2.24) is 0 Å². The van der Waals surface area contributed by atoms with Gasteiger partial charge < -0.3 is 15.8 Å². The maximum Gasteiger partial charge on any atom is 0.256 e.